The highest BCUT2D eigenvalue weighted by Crippen LogP contribution is 2.45. The normalized spacial score (nSPS) is 39.1. The van der Waals surface area contributed by atoms with Gasteiger partial charge in [0.05, 0.1) is 0 Å². The summed E-state index contributed by atoms with van der Waals surface area (Å²) in [6.45, 7) is 0. The molecule has 1 saturated carbocycles. The molecule has 94 valence electrons. The van der Waals surface area contributed by atoms with E-state index in [0.717, 1.165) is 12.2 Å². The third-order valence-electron chi connectivity index (χ3n) is 3.26. The van der Waals surface area contributed by atoms with Crippen molar-refractivity contribution in [3.8, 4) is 0 Å². The molecule has 6 nitrogen and oxygen atoms in total. The molecule has 0 bridgehead atoms. The van der Waals surface area contributed by atoms with Crippen LogP contribution in [0, 0.1) is 0 Å². The van der Waals surface area contributed by atoms with Gasteiger partial charge in [-0.05, 0) is 20.5 Å². The Morgan fingerprint density at radius 3 is 2.35 bits per heavy atom. The fraction of sp³-hybridized carbons (Fsp3) is 0.636. The van der Waals surface area contributed by atoms with Crippen molar-refractivity contribution in [3.63, 3.8) is 0 Å². The Labute approximate surface area is 98.8 Å². The van der Waals surface area contributed by atoms with Crippen LogP contribution >= 0.6 is 0 Å². The number of likely N-dealkylation sites (N-methyl/N-ethyl adjacent to an activating group) is 1. The largest absolute Gasteiger partial charge is 0.433 e. The zero-order chi connectivity index (χ0) is 12.7. The number of nitrogens with zero attached hydrogens (tertiary/aromatic N) is 1. The van der Waals surface area contributed by atoms with Gasteiger partial charge in [-0.1, -0.05) is 0 Å². The molecule has 6 heteroatoms. The topological polar surface area (TPSA) is 76.1 Å². The molecular formula is C11H15NO5. The van der Waals surface area contributed by atoms with Gasteiger partial charge in [-0.25, -0.2) is 9.59 Å². The summed E-state index contributed by atoms with van der Waals surface area (Å²) in [6.07, 6.45) is 3.24. The van der Waals surface area contributed by atoms with E-state index >= 15 is 0 Å². The fourth-order valence-corrected chi connectivity index (χ4v) is 2.42. The van der Waals surface area contributed by atoms with Crippen molar-refractivity contribution in [2.45, 2.75) is 30.8 Å². The number of aliphatic hydroxyl groups is 1. The van der Waals surface area contributed by atoms with Gasteiger partial charge in [0.25, 0.3) is 5.79 Å². The minimum absolute atomic E-state index is 0.248. The van der Waals surface area contributed by atoms with Crippen molar-refractivity contribution < 1.29 is 24.2 Å². The number of hydrogen-bond acceptors (Lipinski definition) is 6. The van der Waals surface area contributed by atoms with Crippen molar-refractivity contribution in [1.82, 2.24) is 4.90 Å². The minimum Gasteiger partial charge on any atom is -0.433 e. The molecule has 2 unspecified atom stereocenters. The van der Waals surface area contributed by atoms with Gasteiger partial charge >= 0.3 is 11.9 Å². The molecule has 2 rings (SSSR count). The van der Waals surface area contributed by atoms with Crippen LogP contribution in [0.5, 0.6) is 0 Å². The van der Waals surface area contributed by atoms with Gasteiger partial charge in [0, 0.05) is 25.0 Å². The molecule has 0 aromatic rings. The molecular weight excluding hydrogens is 226 g/mol. The molecule has 17 heavy (non-hydrogen) atoms. The molecule has 0 radical (unpaired) electrons. The average Bonchev–Trinajstić information content (AvgIpc) is 2.52. The number of carbonyl (C=O) groups excluding carboxylic acids is 2. The first-order valence-corrected chi connectivity index (χ1v) is 5.43. The lowest BCUT2D eigenvalue weighted by atomic mass is 10.0. The van der Waals surface area contributed by atoms with Crippen molar-refractivity contribution in [3.05, 3.63) is 12.2 Å². The second-order valence-corrected chi connectivity index (χ2v) is 4.49. The number of rotatable bonds is 1. The summed E-state index contributed by atoms with van der Waals surface area (Å²) in [4.78, 5) is 24.5. The zero-order valence-corrected chi connectivity index (χ0v) is 9.80. The van der Waals surface area contributed by atoms with Gasteiger partial charge in [-0.3, -0.25) is 4.90 Å². The first-order valence-electron chi connectivity index (χ1n) is 5.43. The van der Waals surface area contributed by atoms with Crippen LogP contribution < -0.4 is 0 Å². The molecule has 1 aliphatic heterocycles. The van der Waals surface area contributed by atoms with Gasteiger partial charge in [0.2, 0.25) is 5.72 Å². The average molecular weight is 241 g/mol. The predicted molar refractivity (Wildman–Crippen MR) is 56.5 cm³/mol. The molecule has 1 N–H and O–H groups in total. The molecule has 0 aromatic heterocycles. The summed E-state index contributed by atoms with van der Waals surface area (Å²) in [5, 5.41) is 10.4. The smallest absolute Gasteiger partial charge is 0.333 e. The van der Waals surface area contributed by atoms with Crippen molar-refractivity contribution in [1.29, 1.82) is 0 Å². The van der Waals surface area contributed by atoms with Crippen molar-refractivity contribution in [2.24, 2.45) is 0 Å². The fourth-order valence-electron chi connectivity index (χ4n) is 2.42. The van der Waals surface area contributed by atoms with E-state index in [2.05, 4.69) is 0 Å². The summed E-state index contributed by atoms with van der Waals surface area (Å²) in [5.41, 5.74) is -1.30. The van der Waals surface area contributed by atoms with Crippen LogP contribution in [0.1, 0.15) is 19.3 Å². The van der Waals surface area contributed by atoms with E-state index in [4.69, 9.17) is 9.47 Å². The number of fused-ring (bicyclic) bond motifs is 1. The maximum atomic E-state index is 11.5. The number of esters is 2. The van der Waals surface area contributed by atoms with E-state index < -0.39 is 23.5 Å². The van der Waals surface area contributed by atoms with Gasteiger partial charge < -0.3 is 14.6 Å². The lowest BCUT2D eigenvalue weighted by Crippen LogP contribution is -2.63. The molecule has 0 saturated heterocycles. The minimum atomic E-state index is -1.78. The second-order valence-electron chi connectivity index (χ2n) is 4.49. The highest BCUT2D eigenvalue weighted by atomic mass is 16.7. The Kier molecular flexibility index (Phi) is 2.71. The Morgan fingerprint density at radius 2 is 1.76 bits per heavy atom. The van der Waals surface area contributed by atoms with Crippen molar-refractivity contribution >= 4 is 11.9 Å². The molecule has 1 heterocycles. The zero-order valence-electron chi connectivity index (χ0n) is 9.80. The molecule has 0 amide bonds. The summed E-state index contributed by atoms with van der Waals surface area (Å²) >= 11 is 0. The molecule has 0 spiro atoms. The standard InChI is InChI=1S/C11H15NO5/c1-12(2)10-6-3-7-11(10,15)17-9(14)5-4-8(13)16-10/h4-5,15H,3,6-7H2,1-2H3/b5-4+. The van der Waals surface area contributed by atoms with Gasteiger partial charge in [0.1, 0.15) is 0 Å². The summed E-state index contributed by atoms with van der Waals surface area (Å²) in [5.74, 6) is -3.18. The third kappa shape index (κ3) is 1.73. The molecule has 1 fully saturated rings. The van der Waals surface area contributed by atoms with E-state index in [1.54, 1.807) is 19.0 Å². The van der Waals surface area contributed by atoms with Gasteiger partial charge in [-0.2, -0.15) is 0 Å². The maximum Gasteiger partial charge on any atom is 0.333 e. The van der Waals surface area contributed by atoms with Crippen LogP contribution in [0.2, 0.25) is 0 Å². The quantitative estimate of drug-likeness (QED) is 0.639. The highest BCUT2D eigenvalue weighted by molar-refractivity contribution is 5.92. The Balaban J connectivity index is 2.47. The molecule has 0 aromatic carbocycles. The van der Waals surface area contributed by atoms with Gasteiger partial charge in [-0.15, -0.1) is 0 Å². The first kappa shape index (κ1) is 12.1. The monoisotopic (exact) mass is 241 g/mol. The SMILES string of the molecule is CN(C)C12CCCC1(O)OC(=O)/C=C/C(=O)O2. The van der Waals surface area contributed by atoms with Gasteiger partial charge in [0.15, 0.2) is 0 Å². The Bertz CT molecular complexity index is 391. The lowest BCUT2D eigenvalue weighted by molar-refractivity contribution is -0.311. The van der Waals surface area contributed by atoms with E-state index in [1.807, 2.05) is 0 Å². The molecule has 1 aliphatic carbocycles. The first-order chi connectivity index (χ1) is 7.90. The Hall–Kier alpha value is -1.40. The van der Waals surface area contributed by atoms with Crippen molar-refractivity contribution in [2.75, 3.05) is 14.1 Å². The van der Waals surface area contributed by atoms with Crippen LogP contribution in [0.15, 0.2) is 12.2 Å². The second kappa shape index (κ2) is 3.82. The summed E-state index contributed by atoms with van der Waals surface area (Å²) in [6, 6.07) is 0. The number of hydrogen-bond donors (Lipinski definition) is 1. The van der Waals surface area contributed by atoms with Crippen LogP contribution in [-0.4, -0.2) is 47.6 Å². The van der Waals surface area contributed by atoms with E-state index in [9.17, 15) is 14.7 Å². The molecule has 2 atom stereocenters. The van der Waals surface area contributed by atoms with Crippen LogP contribution in [-0.2, 0) is 19.1 Å². The molecule has 2 aliphatic rings. The van der Waals surface area contributed by atoms with E-state index in [-0.39, 0.29) is 6.42 Å². The Morgan fingerprint density at radius 1 is 1.18 bits per heavy atom. The summed E-state index contributed by atoms with van der Waals surface area (Å²) in [7, 11) is 3.34. The summed E-state index contributed by atoms with van der Waals surface area (Å²) < 4.78 is 10.3. The maximum absolute atomic E-state index is 11.5. The van der Waals surface area contributed by atoms with Crippen LogP contribution in [0.4, 0.5) is 0 Å². The third-order valence-corrected chi connectivity index (χ3v) is 3.26. The number of ether oxygens (including phenoxy) is 2. The highest BCUT2D eigenvalue weighted by Gasteiger charge is 2.62. The van der Waals surface area contributed by atoms with E-state index in [1.165, 1.54) is 0 Å². The van der Waals surface area contributed by atoms with E-state index in [0.29, 0.717) is 12.8 Å². The predicted octanol–water partition coefficient (Wildman–Crippen LogP) is -0.227. The number of carbonyl (C=O) groups is 2. The lowest BCUT2D eigenvalue weighted by Gasteiger charge is -2.44. The van der Waals surface area contributed by atoms with Crippen LogP contribution in [0.25, 0.3) is 0 Å². The van der Waals surface area contributed by atoms with Crippen LogP contribution in [0.3, 0.4) is 0 Å².